The van der Waals surface area contributed by atoms with Crippen LogP contribution < -0.4 is 9.50 Å². The van der Waals surface area contributed by atoms with Gasteiger partial charge in [0.05, 0.1) is 6.26 Å². The predicted molar refractivity (Wildman–Crippen MR) is 66.5 cm³/mol. The van der Waals surface area contributed by atoms with Crippen LogP contribution in [0.15, 0.2) is 24.3 Å². The molecule has 1 aliphatic heterocycles. The van der Waals surface area contributed by atoms with Crippen LogP contribution in [0.5, 0.6) is 5.75 Å². The summed E-state index contributed by atoms with van der Waals surface area (Å²) in [5.74, 6) is 0.359. The Hall–Kier alpha value is -1.07. The zero-order valence-electron chi connectivity index (χ0n) is 10.1. The van der Waals surface area contributed by atoms with Gasteiger partial charge < -0.3 is 9.50 Å². The molecule has 0 aliphatic carbocycles. The number of hydrogen-bond acceptors (Lipinski definition) is 4. The van der Waals surface area contributed by atoms with Gasteiger partial charge in [-0.25, -0.2) is 0 Å². The molecule has 1 aromatic rings. The van der Waals surface area contributed by atoms with Crippen molar-refractivity contribution in [3.8, 4) is 5.75 Å². The summed E-state index contributed by atoms with van der Waals surface area (Å²) in [7, 11) is -3.44. The maximum Gasteiger partial charge on any atom is 0.306 e. The van der Waals surface area contributed by atoms with Crippen LogP contribution in [0.3, 0.4) is 0 Å². The van der Waals surface area contributed by atoms with Crippen LogP contribution in [0.25, 0.3) is 0 Å². The largest absolute Gasteiger partial charge is 0.383 e. The minimum absolute atomic E-state index is 0.00359. The summed E-state index contributed by atoms with van der Waals surface area (Å²) in [6, 6.07) is 7.22. The van der Waals surface area contributed by atoms with Crippen molar-refractivity contribution in [2.45, 2.75) is 25.3 Å². The average Bonchev–Trinajstić information content (AvgIpc) is 2.65. The molecule has 1 aromatic carbocycles. The molecule has 0 aromatic heterocycles. The molecule has 0 radical (unpaired) electrons. The third-order valence-corrected chi connectivity index (χ3v) is 3.60. The normalized spacial score (nSPS) is 24.8. The number of benzene rings is 1. The molecule has 5 heteroatoms. The molecule has 1 fully saturated rings. The van der Waals surface area contributed by atoms with Crippen molar-refractivity contribution in [1.82, 2.24) is 5.32 Å². The van der Waals surface area contributed by atoms with Crippen LogP contribution >= 0.6 is 0 Å². The molecule has 17 heavy (non-hydrogen) atoms. The fourth-order valence-corrected chi connectivity index (χ4v) is 2.65. The minimum Gasteiger partial charge on any atom is -0.383 e. The summed E-state index contributed by atoms with van der Waals surface area (Å²) in [4.78, 5) is 0. The fraction of sp³-hybridized carbons (Fsp3) is 0.500. The Labute approximate surface area is 102 Å². The monoisotopic (exact) mass is 255 g/mol. The highest BCUT2D eigenvalue weighted by molar-refractivity contribution is 7.86. The van der Waals surface area contributed by atoms with Gasteiger partial charge in [-0.2, -0.15) is 8.42 Å². The van der Waals surface area contributed by atoms with Crippen LogP contribution in [-0.2, 0) is 15.7 Å². The topological polar surface area (TPSA) is 55.4 Å². The second kappa shape index (κ2) is 4.31. The number of rotatable bonds is 3. The number of hydrogen-bond donors (Lipinski definition) is 1. The van der Waals surface area contributed by atoms with Gasteiger partial charge in [0.2, 0.25) is 0 Å². The van der Waals surface area contributed by atoms with Crippen molar-refractivity contribution in [3.63, 3.8) is 0 Å². The first-order valence-corrected chi connectivity index (χ1v) is 7.46. The van der Waals surface area contributed by atoms with Crippen molar-refractivity contribution < 1.29 is 12.6 Å². The SMILES string of the molecule is CC1(c2ccc(OS(C)(=O)=O)cc2)CCCN1. The van der Waals surface area contributed by atoms with Gasteiger partial charge in [0.25, 0.3) is 0 Å². The molecule has 0 saturated carbocycles. The van der Waals surface area contributed by atoms with E-state index in [1.165, 1.54) is 0 Å². The molecule has 4 nitrogen and oxygen atoms in total. The van der Waals surface area contributed by atoms with Gasteiger partial charge >= 0.3 is 10.1 Å². The molecular formula is C12H17NO3S. The Balaban J connectivity index is 2.18. The molecule has 0 amide bonds. The van der Waals surface area contributed by atoms with Crippen LogP contribution in [0.1, 0.15) is 25.3 Å². The molecule has 94 valence electrons. The highest BCUT2D eigenvalue weighted by Crippen LogP contribution is 2.31. The summed E-state index contributed by atoms with van der Waals surface area (Å²) < 4.78 is 26.7. The van der Waals surface area contributed by atoms with E-state index in [0.717, 1.165) is 31.2 Å². The highest BCUT2D eigenvalue weighted by atomic mass is 32.2. The standard InChI is InChI=1S/C12H17NO3S/c1-12(8-3-9-13-12)10-4-6-11(7-5-10)16-17(2,14)15/h4-7,13H,3,8-9H2,1-2H3. The maximum atomic E-state index is 11.0. The van der Waals surface area contributed by atoms with Crippen molar-refractivity contribution in [2.75, 3.05) is 12.8 Å². The predicted octanol–water partition coefficient (Wildman–Crippen LogP) is 1.62. The summed E-state index contributed by atoms with van der Waals surface area (Å²) in [6.45, 7) is 3.19. The molecule has 1 saturated heterocycles. The zero-order valence-corrected chi connectivity index (χ0v) is 10.9. The van der Waals surface area contributed by atoms with E-state index in [1.54, 1.807) is 12.1 Å². The van der Waals surface area contributed by atoms with Gasteiger partial charge in [0.15, 0.2) is 0 Å². The van der Waals surface area contributed by atoms with Gasteiger partial charge in [-0.1, -0.05) is 12.1 Å². The van der Waals surface area contributed by atoms with E-state index in [9.17, 15) is 8.42 Å². The lowest BCUT2D eigenvalue weighted by molar-refractivity contribution is 0.434. The molecular weight excluding hydrogens is 238 g/mol. The minimum atomic E-state index is -3.44. The van der Waals surface area contributed by atoms with Gasteiger partial charge in [-0.15, -0.1) is 0 Å². The zero-order chi connectivity index (χ0) is 12.5. The summed E-state index contributed by atoms with van der Waals surface area (Å²) in [5, 5.41) is 3.46. The lowest BCUT2D eigenvalue weighted by Crippen LogP contribution is -2.32. The fourth-order valence-electron chi connectivity index (χ4n) is 2.19. The Bertz CT molecular complexity index is 487. The smallest absolute Gasteiger partial charge is 0.306 e. The first kappa shape index (κ1) is 12.4. The second-order valence-corrected chi connectivity index (χ2v) is 6.25. The van der Waals surface area contributed by atoms with E-state index in [4.69, 9.17) is 4.18 Å². The Morgan fingerprint density at radius 2 is 1.94 bits per heavy atom. The Morgan fingerprint density at radius 3 is 2.41 bits per heavy atom. The molecule has 0 bridgehead atoms. The highest BCUT2D eigenvalue weighted by Gasteiger charge is 2.29. The van der Waals surface area contributed by atoms with Crippen molar-refractivity contribution in [1.29, 1.82) is 0 Å². The first-order valence-electron chi connectivity index (χ1n) is 5.64. The molecule has 1 heterocycles. The van der Waals surface area contributed by atoms with Gasteiger partial charge in [-0.05, 0) is 44.0 Å². The maximum absolute atomic E-state index is 11.0. The number of nitrogens with one attached hydrogen (secondary N) is 1. The lowest BCUT2D eigenvalue weighted by atomic mass is 9.91. The molecule has 0 spiro atoms. The quantitative estimate of drug-likeness (QED) is 0.834. The molecule has 1 aliphatic rings. The Morgan fingerprint density at radius 1 is 1.29 bits per heavy atom. The summed E-state index contributed by atoms with van der Waals surface area (Å²) >= 11 is 0. The van der Waals surface area contributed by atoms with E-state index in [2.05, 4.69) is 12.2 Å². The summed E-state index contributed by atoms with van der Waals surface area (Å²) in [6.07, 6.45) is 3.30. The Kier molecular flexibility index (Phi) is 3.14. The van der Waals surface area contributed by atoms with Crippen LogP contribution in [0, 0.1) is 0 Å². The van der Waals surface area contributed by atoms with E-state index in [1.807, 2.05) is 12.1 Å². The van der Waals surface area contributed by atoms with Crippen molar-refractivity contribution in [3.05, 3.63) is 29.8 Å². The van der Waals surface area contributed by atoms with Crippen LogP contribution in [0.2, 0.25) is 0 Å². The average molecular weight is 255 g/mol. The molecule has 1 N–H and O–H groups in total. The lowest BCUT2D eigenvalue weighted by Gasteiger charge is -2.25. The van der Waals surface area contributed by atoms with Gasteiger partial charge in [-0.3, -0.25) is 0 Å². The summed E-state index contributed by atoms with van der Waals surface area (Å²) in [5.41, 5.74) is 1.17. The molecule has 1 atom stereocenters. The molecule has 1 unspecified atom stereocenters. The first-order chi connectivity index (χ1) is 7.89. The van der Waals surface area contributed by atoms with E-state index < -0.39 is 10.1 Å². The van der Waals surface area contributed by atoms with Gasteiger partial charge in [0.1, 0.15) is 5.75 Å². The van der Waals surface area contributed by atoms with E-state index in [-0.39, 0.29) is 5.54 Å². The van der Waals surface area contributed by atoms with E-state index in [0.29, 0.717) is 5.75 Å². The van der Waals surface area contributed by atoms with Gasteiger partial charge in [0, 0.05) is 5.54 Å². The van der Waals surface area contributed by atoms with E-state index >= 15 is 0 Å². The molecule has 2 rings (SSSR count). The van der Waals surface area contributed by atoms with Crippen molar-refractivity contribution >= 4 is 10.1 Å². The third kappa shape index (κ3) is 2.98. The van der Waals surface area contributed by atoms with Crippen LogP contribution in [-0.4, -0.2) is 21.2 Å². The second-order valence-electron chi connectivity index (χ2n) is 4.67. The third-order valence-electron chi connectivity index (χ3n) is 3.11. The van der Waals surface area contributed by atoms with Crippen molar-refractivity contribution in [2.24, 2.45) is 0 Å². The van der Waals surface area contributed by atoms with Crippen LogP contribution in [0.4, 0.5) is 0 Å².